The number of benzene rings is 2. The average molecular weight is 376 g/mol. The van der Waals surface area contributed by atoms with Crippen LogP contribution in [0.2, 0.25) is 0 Å². The van der Waals surface area contributed by atoms with Gasteiger partial charge in [0.1, 0.15) is 5.60 Å². The second kappa shape index (κ2) is 6.53. The highest BCUT2D eigenvalue weighted by atomic mass is 16.6. The fraction of sp³-hybridized carbons (Fsp3) is 0.190. The van der Waals surface area contributed by atoms with Gasteiger partial charge in [-0.3, -0.25) is 5.32 Å². The monoisotopic (exact) mass is 376 g/mol. The minimum absolute atomic E-state index is 0.0538. The molecule has 142 valence electrons. The fourth-order valence-corrected chi connectivity index (χ4v) is 3.02. The van der Waals surface area contributed by atoms with E-state index in [1.54, 1.807) is 39.1 Å². The van der Waals surface area contributed by atoms with Crippen LogP contribution in [0.4, 0.5) is 16.2 Å². The highest BCUT2D eigenvalue weighted by molar-refractivity contribution is 5.95. The number of aromatic nitrogens is 1. The van der Waals surface area contributed by atoms with Crippen molar-refractivity contribution in [1.82, 2.24) is 4.98 Å². The number of rotatable bonds is 2. The summed E-state index contributed by atoms with van der Waals surface area (Å²) < 4.78 is 5.26. The van der Waals surface area contributed by atoms with Crippen LogP contribution in [0.5, 0.6) is 5.88 Å². The Morgan fingerprint density at radius 2 is 2.04 bits per heavy atom. The Kier molecular flexibility index (Phi) is 4.15. The van der Waals surface area contributed by atoms with E-state index in [1.807, 2.05) is 30.3 Å². The van der Waals surface area contributed by atoms with Gasteiger partial charge in [0.25, 0.3) is 0 Å². The third-order valence-electron chi connectivity index (χ3n) is 4.19. The summed E-state index contributed by atoms with van der Waals surface area (Å²) in [6.45, 7) is 5.41. The van der Waals surface area contributed by atoms with Crippen LogP contribution in [0, 0.1) is 0 Å². The van der Waals surface area contributed by atoms with Gasteiger partial charge in [-0.2, -0.15) is 10.2 Å². The fourth-order valence-electron chi connectivity index (χ4n) is 3.02. The van der Waals surface area contributed by atoms with E-state index in [2.05, 4.69) is 20.5 Å². The maximum atomic E-state index is 12.0. The lowest BCUT2D eigenvalue weighted by atomic mass is 10.1. The molecule has 1 aliphatic heterocycles. The molecule has 0 unspecified atom stereocenters. The van der Waals surface area contributed by atoms with Gasteiger partial charge in [0.05, 0.1) is 17.4 Å². The number of carbonyl (C=O) groups excluding carboxylic acids is 1. The van der Waals surface area contributed by atoms with Gasteiger partial charge in [0.2, 0.25) is 0 Å². The minimum atomic E-state index is -0.575. The van der Waals surface area contributed by atoms with Crippen molar-refractivity contribution in [2.24, 2.45) is 10.2 Å². The van der Waals surface area contributed by atoms with Crippen LogP contribution in [0.15, 0.2) is 46.6 Å². The number of anilines is 1. The Labute approximate surface area is 161 Å². The molecule has 4 rings (SSSR count). The van der Waals surface area contributed by atoms with Gasteiger partial charge in [-0.1, -0.05) is 18.2 Å². The number of aromatic amines is 1. The first-order valence-corrected chi connectivity index (χ1v) is 8.86. The Morgan fingerprint density at radius 1 is 1.21 bits per heavy atom. The summed E-state index contributed by atoms with van der Waals surface area (Å²) in [5.74, 6) is 0.0538. The van der Waals surface area contributed by atoms with E-state index in [9.17, 15) is 9.90 Å². The predicted molar refractivity (Wildman–Crippen MR) is 108 cm³/mol. The molecule has 1 aromatic heterocycles. The van der Waals surface area contributed by atoms with Crippen LogP contribution < -0.4 is 15.8 Å². The van der Waals surface area contributed by atoms with E-state index in [1.165, 1.54) is 0 Å². The number of hydrogen-bond acceptors (Lipinski definition) is 5. The second-order valence-corrected chi connectivity index (χ2v) is 7.58. The molecular weight excluding hydrogens is 356 g/mol. The number of fused-ring (bicyclic) bond motifs is 2. The quantitative estimate of drug-likeness (QED) is 0.633. The van der Waals surface area contributed by atoms with Crippen LogP contribution in [-0.2, 0) is 4.74 Å². The van der Waals surface area contributed by atoms with Gasteiger partial charge >= 0.3 is 6.09 Å². The zero-order chi connectivity index (χ0) is 19.9. The van der Waals surface area contributed by atoms with E-state index in [4.69, 9.17) is 4.74 Å². The van der Waals surface area contributed by atoms with Crippen molar-refractivity contribution in [1.29, 1.82) is 0 Å². The highest BCUT2D eigenvalue weighted by Gasteiger charge is 2.17. The first kappa shape index (κ1) is 17.8. The van der Waals surface area contributed by atoms with Gasteiger partial charge < -0.3 is 14.8 Å². The topological polar surface area (TPSA) is 99.1 Å². The first-order valence-electron chi connectivity index (χ1n) is 8.86. The van der Waals surface area contributed by atoms with E-state index >= 15 is 0 Å². The smallest absolute Gasteiger partial charge is 0.412 e. The van der Waals surface area contributed by atoms with E-state index in [0.29, 0.717) is 16.8 Å². The summed E-state index contributed by atoms with van der Waals surface area (Å²) in [5, 5.41) is 23.7. The molecule has 3 aromatic rings. The normalized spacial score (nSPS) is 13.5. The Morgan fingerprint density at radius 3 is 2.82 bits per heavy atom. The van der Waals surface area contributed by atoms with Crippen LogP contribution in [0.1, 0.15) is 26.3 Å². The summed E-state index contributed by atoms with van der Waals surface area (Å²) in [6.07, 6.45) is 3.06. The molecule has 1 aliphatic rings. The maximum absolute atomic E-state index is 12.0. The average Bonchev–Trinajstić information content (AvgIpc) is 3.17. The molecule has 2 aromatic carbocycles. The predicted octanol–water partition coefficient (Wildman–Crippen LogP) is 3.88. The molecule has 0 bridgehead atoms. The largest absolute Gasteiger partial charge is 0.494 e. The second-order valence-electron chi connectivity index (χ2n) is 7.58. The number of ether oxygens (including phenoxy) is 1. The van der Waals surface area contributed by atoms with Gasteiger partial charge in [0, 0.05) is 21.9 Å². The number of carbonyl (C=O) groups is 1. The van der Waals surface area contributed by atoms with Crippen LogP contribution in [0.25, 0.3) is 23.2 Å². The van der Waals surface area contributed by atoms with E-state index < -0.39 is 11.7 Å². The molecule has 1 amide bonds. The number of H-pyrrole nitrogens is 1. The zero-order valence-electron chi connectivity index (χ0n) is 15.8. The van der Waals surface area contributed by atoms with Crippen LogP contribution in [0.3, 0.4) is 0 Å². The number of nitrogens with one attached hydrogen (secondary N) is 2. The van der Waals surface area contributed by atoms with Crippen molar-refractivity contribution < 1.29 is 14.6 Å². The van der Waals surface area contributed by atoms with Crippen molar-refractivity contribution in [3.05, 3.63) is 52.4 Å². The van der Waals surface area contributed by atoms with Crippen molar-refractivity contribution in [2.45, 2.75) is 26.4 Å². The SMILES string of the molecule is CC(C)(C)OC(=O)Nc1ccc2c(/C=c3\ccc4c(c3)N=NC=4)c(O)[nH]c2c1. The standard InChI is InChI=1S/C21H20N4O3/c1-21(2,3)28-20(27)23-14-6-7-15-16(19(26)24-18(15)10-14)8-12-4-5-13-11-22-25-17(13)9-12/h4-11,24,26H,1-3H3,(H,23,27)/b12-8+. The summed E-state index contributed by atoms with van der Waals surface area (Å²) in [7, 11) is 0. The number of hydrogen-bond donors (Lipinski definition) is 3. The van der Waals surface area contributed by atoms with Gasteiger partial charge in [-0.15, -0.1) is 0 Å². The van der Waals surface area contributed by atoms with Crippen molar-refractivity contribution in [3.8, 4) is 5.88 Å². The van der Waals surface area contributed by atoms with Crippen molar-refractivity contribution in [2.75, 3.05) is 5.32 Å². The Balaban J connectivity index is 1.67. The van der Waals surface area contributed by atoms with Crippen molar-refractivity contribution in [3.63, 3.8) is 0 Å². The third kappa shape index (κ3) is 3.59. The lowest BCUT2D eigenvalue weighted by Crippen LogP contribution is -2.27. The van der Waals surface area contributed by atoms with Crippen molar-refractivity contribution >= 4 is 40.6 Å². The molecule has 0 spiro atoms. The molecule has 3 N–H and O–H groups in total. The molecule has 28 heavy (non-hydrogen) atoms. The number of aromatic hydroxyl groups is 1. The Hall–Kier alpha value is -3.61. The van der Waals surface area contributed by atoms with Crippen LogP contribution >= 0.6 is 0 Å². The number of nitrogens with zero attached hydrogens (tertiary/aromatic N) is 2. The lowest BCUT2D eigenvalue weighted by Gasteiger charge is -2.19. The number of amides is 1. The Bertz CT molecular complexity index is 1230. The number of azo groups is 1. The molecule has 2 heterocycles. The molecule has 0 saturated carbocycles. The molecule has 0 aliphatic carbocycles. The molecule has 0 saturated heterocycles. The third-order valence-corrected chi connectivity index (χ3v) is 4.19. The van der Waals surface area contributed by atoms with Gasteiger partial charge in [0.15, 0.2) is 5.88 Å². The van der Waals surface area contributed by atoms with Gasteiger partial charge in [-0.25, -0.2) is 4.79 Å². The highest BCUT2D eigenvalue weighted by Crippen LogP contribution is 2.30. The van der Waals surface area contributed by atoms with Crippen LogP contribution in [-0.4, -0.2) is 21.8 Å². The molecule has 0 fully saturated rings. The molecular formula is C21H20N4O3. The van der Waals surface area contributed by atoms with E-state index in [0.717, 1.165) is 21.5 Å². The molecule has 7 nitrogen and oxygen atoms in total. The minimum Gasteiger partial charge on any atom is -0.494 e. The van der Waals surface area contributed by atoms with Gasteiger partial charge in [-0.05, 0) is 50.3 Å². The first-order chi connectivity index (χ1) is 13.3. The summed E-state index contributed by atoms with van der Waals surface area (Å²) in [6, 6.07) is 11.2. The summed E-state index contributed by atoms with van der Waals surface area (Å²) in [4.78, 5) is 14.9. The summed E-state index contributed by atoms with van der Waals surface area (Å²) in [5.41, 5.74) is 2.16. The molecule has 7 heteroatoms. The zero-order valence-corrected chi connectivity index (χ0v) is 15.8. The lowest BCUT2D eigenvalue weighted by molar-refractivity contribution is 0.0636. The maximum Gasteiger partial charge on any atom is 0.412 e. The summed E-state index contributed by atoms with van der Waals surface area (Å²) >= 11 is 0. The van der Waals surface area contributed by atoms with E-state index in [-0.39, 0.29) is 5.88 Å². The molecule has 0 atom stereocenters. The molecule has 0 radical (unpaired) electrons.